The lowest BCUT2D eigenvalue weighted by Gasteiger charge is -2.06. The molecule has 1 heterocycles. The standard InChI is InChI=1S/C22H23N3O5/c1-3-29-22(27)15-10-12-17(13-11-15)23-19(26)8-5-9-20-24-21(25-30-20)16-6-4-7-18(14-16)28-2/h4,6-7,10-14H,3,5,8-9H2,1-2H3,(H,23,26). The SMILES string of the molecule is CCOC(=O)c1ccc(NC(=O)CCCc2nc(-c3cccc(OC)c3)no2)cc1. The molecule has 1 amide bonds. The van der Waals surface area contributed by atoms with Crippen molar-refractivity contribution in [2.75, 3.05) is 19.0 Å². The van der Waals surface area contributed by atoms with Crippen molar-refractivity contribution >= 4 is 17.6 Å². The number of esters is 1. The molecule has 0 unspecified atom stereocenters. The lowest BCUT2D eigenvalue weighted by atomic mass is 10.2. The van der Waals surface area contributed by atoms with Gasteiger partial charge in [0.2, 0.25) is 17.6 Å². The van der Waals surface area contributed by atoms with Crippen molar-refractivity contribution in [3.8, 4) is 17.1 Å². The maximum atomic E-state index is 12.1. The minimum atomic E-state index is -0.386. The van der Waals surface area contributed by atoms with E-state index in [1.807, 2.05) is 24.3 Å². The van der Waals surface area contributed by atoms with Gasteiger partial charge in [-0.25, -0.2) is 4.79 Å². The molecule has 0 spiro atoms. The molecule has 30 heavy (non-hydrogen) atoms. The number of methoxy groups -OCH3 is 1. The average molecular weight is 409 g/mol. The van der Waals surface area contributed by atoms with Gasteiger partial charge in [-0.2, -0.15) is 4.98 Å². The van der Waals surface area contributed by atoms with Crippen LogP contribution < -0.4 is 10.1 Å². The number of carbonyl (C=O) groups excluding carboxylic acids is 2. The lowest BCUT2D eigenvalue weighted by Crippen LogP contribution is -2.12. The second-order valence-electron chi connectivity index (χ2n) is 6.44. The Morgan fingerprint density at radius 3 is 2.67 bits per heavy atom. The van der Waals surface area contributed by atoms with E-state index in [9.17, 15) is 9.59 Å². The van der Waals surface area contributed by atoms with Crippen molar-refractivity contribution < 1.29 is 23.6 Å². The lowest BCUT2D eigenvalue weighted by molar-refractivity contribution is -0.116. The summed E-state index contributed by atoms with van der Waals surface area (Å²) in [5, 5.41) is 6.78. The van der Waals surface area contributed by atoms with E-state index in [4.69, 9.17) is 14.0 Å². The molecule has 0 aliphatic rings. The third-order valence-corrected chi connectivity index (χ3v) is 4.27. The fourth-order valence-electron chi connectivity index (χ4n) is 2.76. The highest BCUT2D eigenvalue weighted by atomic mass is 16.5. The van der Waals surface area contributed by atoms with E-state index < -0.39 is 0 Å². The van der Waals surface area contributed by atoms with Gasteiger partial charge in [-0.05, 0) is 49.7 Å². The minimum absolute atomic E-state index is 0.133. The van der Waals surface area contributed by atoms with Gasteiger partial charge in [-0.1, -0.05) is 17.3 Å². The van der Waals surface area contributed by atoms with Gasteiger partial charge >= 0.3 is 5.97 Å². The van der Waals surface area contributed by atoms with Crippen LogP contribution in [-0.4, -0.2) is 35.7 Å². The number of nitrogens with zero attached hydrogens (tertiary/aromatic N) is 2. The molecule has 0 aliphatic heterocycles. The van der Waals surface area contributed by atoms with Crippen molar-refractivity contribution in [2.45, 2.75) is 26.2 Å². The molecule has 156 valence electrons. The van der Waals surface area contributed by atoms with Gasteiger partial charge in [0, 0.05) is 24.1 Å². The Labute approximate surface area is 174 Å². The Morgan fingerprint density at radius 2 is 1.93 bits per heavy atom. The summed E-state index contributed by atoms with van der Waals surface area (Å²) >= 11 is 0. The first kappa shape index (κ1) is 21.0. The molecule has 0 saturated carbocycles. The number of aromatic nitrogens is 2. The van der Waals surface area contributed by atoms with Crippen LogP contribution in [0.25, 0.3) is 11.4 Å². The number of ether oxygens (including phenoxy) is 2. The number of aryl methyl sites for hydroxylation is 1. The van der Waals surface area contributed by atoms with E-state index in [0.717, 1.165) is 5.56 Å². The number of amides is 1. The van der Waals surface area contributed by atoms with E-state index in [2.05, 4.69) is 15.5 Å². The van der Waals surface area contributed by atoms with Crippen LogP contribution in [-0.2, 0) is 16.0 Å². The molecule has 0 aliphatic carbocycles. The minimum Gasteiger partial charge on any atom is -0.497 e. The topological polar surface area (TPSA) is 104 Å². The zero-order valence-electron chi connectivity index (χ0n) is 16.9. The van der Waals surface area contributed by atoms with Crippen LogP contribution in [0, 0.1) is 0 Å². The van der Waals surface area contributed by atoms with Crippen LogP contribution in [0.4, 0.5) is 5.69 Å². The van der Waals surface area contributed by atoms with Gasteiger partial charge in [0.05, 0.1) is 19.3 Å². The number of benzene rings is 2. The second kappa shape index (κ2) is 10.2. The van der Waals surface area contributed by atoms with E-state index in [1.165, 1.54) is 0 Å². The Bertz CT molecular complexity index is 998. The van der Waals surface area contributed by atoms with Crippen molar-refractivity contribution in [1.29, 1.82) is 0 Å². The highest BCUT2D eigenvalue weighted by molar-refractivity contribution is 5.93. The molecular formula is C22H23N3O5. The normalized spacial score (nSPS) is 10.5. The molecule has 3 aromatic rings. The van der Waals surface area contributed by atoms with Crippen LogP contribution >= 0.6 is 0 Å². The second-order valence-corrected chi connectivity index (χ2v) is 6.44. The van der Waals surface area contributed by atoms with Crippen molar-refractivity contribution in [3.05, 3.63) is 60.0 Å². The van der Waals surface area contributed by atoms with Crippen LogP contribution in [0.5, 0.6) is 5.75 Å². The Kier molecular flexibility index (Phi) is 7.15. The summed E-state index contributed by atoms with van der Waals surface area (Å²) in [6.45, 7) is 2.07. The van der Waals surface area contributed by atoms with E-state index in [-0.39, 0.29) is 11.9 Å². The molecule has 0 fully saturated rings. The summed E-state index contributed by atoms with van der Waals surface area (Å²) in [6, 6.07) is 14.0. The molecule has 1 N–H and O–H groups in total. The monoisotopic (exact) mass is 409 g/mol. The maximum absolute atomic E-state index is 12.1. The summed E-state index contributed by atoms with van der Waals surface area (Å²) in [7, 11) is 1.60. The zero-order chi connectivity index (χ0) is 21.3. The van der Waals surface area contributed by atoms with Gasteiger partial charge in [0.25, 0.3) is 0 Å². The summed E-state index contributed by atoms with van der Waals surface area (Å²) in [4.78, 5) is 28.1. The molecule has 1 aromatic heterocycles. The summed E-state index contributed by atoms with van der Waals surface area (Å²) < 4.78 is 15.4. The number of hydrogen-bond donors (Lipinski definition) is 1. The molecule has 3 rings (SSSR count). The molecule has 0 bridgehead atoms. The molecule has 0 radical (unpaired) electrons. The van der Waals surface area contributed by atoms with Crippen LogP contribution in [0.1, 0.15) is 36.0 Å². The molecule has 2 aromatic carbocycles. The van der Waals surface area contributed by atoms with Gasteiger partial charge in [-0.15, -0.1) is 0 Å². The first-order valence-corrected chi connectivity index (χ1v) is 9.63. The highest BCUT2D eigenvalue weighted by Crippen LogP contribution is 2.21. The largest absolute Gasteiger partial charge is 0.497 e. The summed E-state index contributed by atoms with van der Waals surface area (Å²) in [5.41, 5.74) is 1.86. The Balaban J connectivity index is 1.47. The molecule has 8 heteroatoms. The Morgan fingerprint density at radius 1 is 1.13 bits per heavy atom. The van der Waals surface area contributed by atoms with E-state index in [0.29, 0.717) is 54.6 Å². The molecule has 0 atom stereocenters. The number of rotatable bonds is 9. The smallest absolute Gasteiger partial charge is 0.338 e. The first-order chi connectivity index (χ1) is 14.6. The van der Waals surface area contributed by atoms with Crippen molar-refractivity contribution in [3.63, 3.8) is 0 Å². The first-order valence-electron chi connectivity index (χ1n) is 9.63. The Hall–Kier alpha value is -3.68. The van der Waals surface area contributed by atoms with Gasteiger partial charge < -0.3 is 19.3 Å². The van der Waals surface area contributed by atoms with Crippen molar-refractivity contribution in [2.24, 2.45) is 0 Å². The van der Waals surface area contributed by atoms with E-state index in [1.54, 1.807) is 38.3 Å². The summed E-state index contributed by atoms with van der Waals surface area (Å²) in [5.74, 6) is 1.15. The predicted molar refractivity (Wildman–Crippen MR) is 110 cm³/mol. The number of carbonyl (C=O) groups is 2. The van der Waals surface area contributed by atoms with E-state index >= 15 is 0 Å². The van der Waals surface area contributed by atoms with Gasteiger partial charge in [0.15, 0.2) is 0 Å². The molecule has 0 saturated heterocycles. The molecular weight excluding hydrogens is 386 g/mol. The highest BCUT2D eigenvalue weighted by Gasteiger charge is 2.11. The van der Waals surface area contributed by atoms with Gasteiger partial charge in [0.1, 0.15) is 5.75 Å². The third-order valence-electron chi connectivity index (χ3n) is 4.27. The fourth-order valence-corrected chi connectivity index (χ4v) is 2.76. The number of hydrogen-bond acceptors (Lipinski definition) is 7. The third kappa shape index (κ3) is 5.66. The predicted octanol–water partition coefficient (Wildman–Crippen LogP) is 3.88. The number of nitrogens with one attached hydrogen (secondary N) is 1. The van der Waals surface area contributed by atoms with Crippen LogP contribution in [0.2, 0.25) is 0 Å². The number of anilines is 1. The zero-order valence-corrected chi connectivity index (χ0v) is 16.9. The molecule has 8 nitrogen and oxygen atoms in total. The average Bonchev–Trinajstić information content (AvgIpc) is 3.23. The van der Waals surface area contributed by atoms with Crippen LogP contribution in [0.15, 0.2) is 53.1 Å². The van der Waals surface area contributed by atoms with Crippen molar-refractivity contribution in [1.82, 2.24) is 10.1 Å². The van der Waals surface area contributed by atoms with Gasteiger partial charge in [-0.3, -0.25) is 4.79 Å². The fraction of sp³-hybridized carbons (Fsp3) is 0.273. The van der Waals surface area contributed by atoms with Crippen LogP contribution in [0.3, 0.4) is 0 Å². The quantitative estimate of drug-likeness (QED) is 0.535. The summed E-state index contributed by atoms with van der Waals surface area (Å²) in [6.07, 6.45) is 1.36. The maximum Gasteiger partial charge on any atom is 0.338 e.